The van der Waals surface area contributed by atoms with Crippen LogP contribution < -0.4 is 5.32 Å². The van der Waals surface area contributed by atoms with E-state index in [9.17, 15) is 9.90 Å². The third kappa shape index (κ3) is 5.07. The molecule has 0 aromatic carbocycles. The van der Waals surface area contributed by atoms with Gasteiger partial charge < -0.3 is 20.1 Å². The molecule has 1 saturated heterocycles. The van der Waals surface area contributed by atoms with Crippen LogP contribution in [0.4, 0.5) is 11.5 Å². The van der Waals surface area contributed by atoms with Crippen LogP contribution in [0.3, 0.4) is 0 Å². The Morgan fingerprint density at radius 2 is 2.07 bits per heavy atom. The van der Waals surface area contributed by atoms with Crippen molar-refractivity contribution in [2.75, 3.05) is 25.0 Å². The minimum Gasteiger partial charge on any atom is -0.389 e. The van der Waals surface area contributed by atoms with E-state index in [-0.39, 0.29) is 18.4 Å². The lowest BCUT2D eigenvalue weighted by Crippen LogP contribution is -2.46. The molecule has 154 valence electrons. The number of nitrogens with one attached hydrogen (secondary N) is 1. The van der Waals surface area contributed by atoms with E-state index >= 15 is 0 Å². The summed E-state index contributed by atoms with van der Waals surface area (Å²) in [4.78, 5) is 27.3. The summed E-state index contributed by atoms with van der Waals surface area (Å²) in [5, 5.41) is 13.8. The molecule has 1 saturated carbocycles. The lowest BCUT2D eigenvalue weighted by molar-refractivity contribution is -0.145. The number of carbonyl (C=O) groups is 1. The normalized spacial score (nSPS) is 21.6. The van der Waals surface area contributed by atoms with Crippen molar-refractivity contribution in [1.82, 2.24) is 19.9 Å². The molecule has 0 spiro atoms. The molecule has 2 aromatic heterocycles. The Bertz CT molecular complexity index is 809. The fourth-order valence-electron chi connectivity index (χ4n) is 4.02. The van der Waals surface area contributed by atoms with E-state index in [1.165, 1.54) is 0 Å². The number of morpholine rings is 1. The summed E-state index contributed by atoms with van der Waals surface area (Å²) in [6.45, 7) is 1.48. The van der Waals surface area contributed by atoms with Crippen molar-refractivity contribution in [3.05, 3.63) is 42.6 Å². The summed E-state index contributed by atoms with van der Waals surface area (Å²) >= 11 is 0. The average Bonchev–Trinajstić information content (AvgIpc) is 2.75. The van der Waals surface area contributed by atoms with Crippen LogP contribution in [0.2, 0.25) is 0 Å². The molecule has 1 aliphatic heterocycles. The molecule has 8 heteroatoms. The van der Waals surface area contributed by atoms with Gasteiger partial charge in [0.1, 0.15) is 11.9 Å². The Morgan fingerprint density at radius 3 is 2.79 bits per heavy atom. The molecule has 29 heavy (non-hydrogen) atoms. The van der Waals surface area contributed by atoms with E-state index in [1.807, 2.05) is 12.1 Å². The fraction of sp³-hybridized carbons (Fsp3) is 0.524. The van der Waals surface area contributed by atoms with Gasteiger partial charge in [0.2, 0.25) is 5.91 Å². The van der Waals surface area contributed by atoms with Gasteiger partial charge in [0, 0.05) is 18.9 Å². The van der Waals surface area contributed by atoms with Crippen LogP contribution in [-0.4, -0.2) is 56.2 Å². The van der Waals surface area contributed by atoms with E-state index in [4.69, 9.17) is 4.74 Å². The number of nitrogens with zero attached hydrogens (tertiary/aromatic N) is 4. The second-order valence-corrected chi connectivity index (χ2v) is 7.85. The van der Waals surface area contributed by atoms with Crippen molar-refractivity contribution in [2.45, 2.75) is 50.2 Å². The molecule has 0 bridgehead atoms. The SMILES string of the molecule is O=C(CC1(O)CCCCC1)N1CCO[C@H](c2ccc(Nc3cnccn3)cn2)C1. The first kappa shape index (κ1) is 19.7. The van der Waals surface area contributed by atoms with Crippen LogP contribution in [0.15, 0.2) is 36.9 Å². The number of anilines is 2. The highest BCUT2D eigenvalue weighted by Gasteiger charge is 2.35. The van der Waals surface area contributed by atoms with Gasteiger partial charge in [-0.3, -0.25) is 14.8 Å². The van der Waals surface area contributed by atoms with Crippen LogP contribution in [0.1, 0.15) is 50.3 Å². The number of aliphatic hydroxyl groups is 1. The largest absolute Gasteiger partial charge is 0.389 e. The topological polar surface area (TPSA) is 100 Å². The van der Waals surface area contributed by atoms with Crippen LogP contribution in [0, 0.1) is 0 Å². The Morgan fingerprint density at radius 1 is 1.21 bits per heavy atom. The Kier molecular flexibility index (Phi) is 6.01. The van der Waals surface area contributed by atoms with Gasteiger partial charge in [-0.2, -0.15) is 0 Å². The number of aromatic nitrogens is 3. The summed E-state index contributed by atoms with van der Waals surface area (Å²) < 4.78 is 5.86. The molecule has 2 aliphatic rings. The second-order valence-electron chi connectivity index (χ2n) is 7.85. The summed E-state index contributed by atoms with van der Waals surface area (Å²) in [6.07, 6.45) is 11.1. The third-order valence-corrected chi connectivity index (χ3v) is 5.64. The predicted octanol–water partition coefficient (Wildman–Crippen LogP) is 2.60. The van der Waals surface area contributed by atoms with Gasteiger partial charge >= 0.3 is 0 Å². The number of rotatable bonds is 5. The summed E-state index contributed by atoms with van der Waals surface area (Å²) in [7, 11) is 0. The number of carbonyl (C=O) groups excluding carboxylic acids is 1. The molecule has 8 nitrogen and oxygen atoms in total. The first-order valence-corrected chi connectivity index (χ1v) is 10.2. The molecule has 1 atom stereocenters. The van der Waals surface area contributed by atoms with Crippen LogP contribution in [0.5, 0.6) is 0 Å². The van der Waals surface area contributed by atoms with Crippen molar-refractivity contribution >= 4 is 17.4 Å². The van der Waals surface area contributed by atoms with Crippen LogP contribution in [-0.2, 0) is 9.53 Å². The minimum atomic E-state index is -0.838. The number of ether oxygens (including phenoxy) is 1. The molecule has 3 heterocycles. The molecule has 2 fully saturated rings. The van der Waals surface area contributed by atoms with E-state index in [0.29, 0.717) is 38.4 Å². The fourth-order valence-corrected chi connectivity index (χ4v) is 4.02. The van der Waals surface area contributed by atoms with Crippen molar-refractivity contribution in [3.8, 4) is 0 Å². The van der Waals surface area contributed by atoms with Gasteiger partial charge in [0.15, 0.2) is 0 Å². The smallest absolute Gasteiger partial charge is 0.225 e. The zero-order chi connectivity index (χ0) is 20.1. The maximum Gasteiger partial charge on any atom is 0.225 e. The highest BCUT2D eigenvalue weighted by Crippen LogP contribution is 2.32. The van der Waals surface area contributed by atoms with E-state index in [2.05, 4.69) is 20.3 Å². The third-order valence-electron chi connectivity index (χ3n) is 5.64. The quantitative estimate of drug-likeness (QED) is 0.800. The van der Waals surface area contributed by atoms with Gasteiger partial charge in [-0.25, -0.2) is 4.98 Å². The lowest BCUT2D eigenvalue weighted by atomic mass is 9.82. The maximum atomic E-state index is 12.8. The van der Waals surface area contributed by atoms with Gasteiger partial charge in [-0.05, 0) is 25.0 Å². The standard InChI is InChI=1S/C21H27N5O3/c27-20(12-21(28)6-2-1-3-7-21)26-10-11-29-18(15-26)17-5-4-16(13-24-17)25-19-14-22-8-9-23-19/h4-5,8-9,13-14,18,28H,1-3,6-7,10-12,15H2,(H,23,25)/t18-/m0/s1. The van der Waals surface area contributed by atoms with E-state index in [0.717, 1.165) is 30.6 Å². The van der Waals surface area contributed by atoms with Crippen LogP contribution in [0.25, 0.3) is 0 Å². The van der Waals surface area contributed by atoms with Crippen molar-refractivity contribution in [3.63, 3.8) is 0 Å². The predicted molar refractivity (Wildman–Crippen MR) is 107 cm³/mol. The molecule has 0 radical (unpaired) electrons. The molecule has 1 amide bonds. The average molecular weight is 397 g/mol. The van der Waals surface area contributed by atoms with E-state index < -0.39 is 5.60 Å². The first-order valence-electron chi connectivity index (χ1n) is 10.2. The van der Waals surface area contributed by atoms with Gasteiger partial charge in [-0.1, -0.05) is 19.3 Å². The van der Waals surface area contributed by atoms with Gasteiger partial charge in [-0.15, -0.1) is 0 Å². The Labute approximate surface area is 170 Å². The molecule has 4 rings (SSSR count). The first-order chi connectivity index (χ1) is 14.1. The Hall–Kier alpha value is -2.58. The van der Waals surface area contributed by atoms with E-state index in [1.54, 1.807) is 29.7 Å². The lowest BCUT2D eigenvalue weighted by Gasteiger charge is -2.37. The zero-order valence-corrected chi connectivity index (χ0v) is 16.5. The number of hydrogen-bond donors (Lipinski definition) is 2. The highest BCUT2D eigenvalue weighted by atomic mass is 16.5. The second kappa shape index (κ2) is 8.84. The maximum absolute atomic E-state index is 12.8. The van der Waals surface area contributed by atoms with Crippen LogP contribution >= 0.6 is 0 Å². The Balaban J connectivity index is 1.36. The molecule has 2 N–H and O–H groups in total. The summed E-state index contributed by atoms with van der Waals surface area (Å²) in [5.74, 6) is 0.650. The molecular formula is C21H27N5O3. The number of pyridine rings is 1. The minimum absolute atomic E-state index is 0.00337. The number of hydrogen-bond acceptors (Lipinski definition) is 7. The van der Waals surface area contributed by atoms with Crippen molar-refractivity contribution in [2.24, 2.45) is 0 Å². The zero-order valence-electron chi connectivity index (χ0n) is 16.5. The summed E-state index contributed by atoms with van der Waals surface area (Å²) in [5.41, 5.74) is 0.746. The highest BCUT2D eigenvalue weighted by molar-refractivity contribution is 5.77. The monoisotopic (exact) mass is 397 g/mol. The van der Waals surface area contributed by atoms with Gasteiger partial charge in [0.25, 0.3) is 0 Å². The summed E-state index contributed by atoms with van der Waals surface area (Å²) in [6, 6.07) is 3.80. The molecule has 0 unspecified atom stereocenters. The van der Waals surface area contributed by atoms with Gasteiger partial charge in [0.05, 0.1) is 48.9 Å². The van der Waals surface area contributed by atoms with Crippen molar-refractivity contribution in [1.29, 1.82) is 0 Å². The molecular weight excluding hydrogens is 370 g/mol. The molecule has 1 aliphatic carbocycles. The number of amides is 1. The molecule has 2 aromatic rings. The van der Waals surface area contributed by atoms with Crippen molar-refractivity contribution < 1.29 is 14.6 Å².